The van der Waals surface area contributed by atoms with Gasteiger partial charge in [-0.1, -0.05) is 19.1 Å². The molecule has 0 N–H and O–H groups in total. The van der Waals surface area contributed by atoms with Crippen LogP contribution in [0, 0.1) is 6.92 Å². The highest BCUT2D eigenvalue weighted by molar-refractivity contribution is 5.82. The molecule has 0 bridgehead atoms. The quantitative estimate of drug-likeness (QED) is 0.658. The molecule has 124 valence electrons. The molecule has 4 heteroatoms. The summed E-state index contributed by atoms with van der Waals surface area (Å²) in [6.07, 6.45) is 0.666. The predicted molar refractivity (Wildman–Crippen MR) is 93.9 cm³/mol. The van der Waals surface area contributed by atoms with Gasteiger partial charge in [0.2, 0.25) is 0 Å². The number of ether oxygens (including phenoxy) is 2. The lowest BCUT2D eigenvalue weighted by Gasteiger charge is -2.10. The van der Waals surface area contributed by atoms with Crippen LogP contribution in [0.4, 0.5) is 0 Å². The second-order valence-electron chi connectivity index (χ2n) is 5.64. The first-order valence-electron chi connectivity index (χ1n) is 7.94. The average Bonchev–Trinajstić information content (AvgIpc) is 2.60. The number of rotatable bonds is 5. The fraction of sp³-hybridized carbons (Fsp3) is 0.250. The van der Waals surface area contributed by atoms with Crippen LogP contribution in [0.2, 0.25) is 0 Å². The molecular weight excluding hydrogens is 304 g/mol. The fourth-order valence-electron chi connectivity index (χ4n) is 2.76. The van der Waals surface area contributed by atoms with Crippen molar-refractivity contribution >= 4 is 11.0 Å². The second-order valence-corrected chi connectivity index (χ2v) is 5.64. The lowest BCUT2D eigenvalue weighted by Crippen LogP contribution is -2.09. The number of aryl methyl sites for hydroxylation is 1. The van der Waals surface area contributed by atoms with Crippen LogP contribution in [0.25, 0.3) is 11.0 Å². The van der Waals surface area contributed by atoms with Crippen LogP contribution in [0.3, 0.4) is 0 Å². The Balaban J connectivity index is 1.84. The smallest absolute Gasteiger partial charge is 0.339 e. The molecule has 0 aliphatic rings. The van der Waals surface area contributed by atoms with Crippen molar-refractivity contribution in [3.05, 3.63) is 69.6 Å². The third-order valence-corrected chi connectivity index (χ3v) is 4.18. The minimum absolute atomic E-state index is 0.269. The third-order valence-electron chi connectivity index (χ3n) is 4.18. The first-order chi connectivity index (χ1) is 11.6. The van der Waals surface area contributed by atoms with Gasteiger partial charge in [0, 0.05) is 17.0 Å². The second kappa shape index (κ2) is 6.79. The van der Waals surface area contributed by atoms with Gasteiger partial charge in [0.15, 0.2) is 0 Å². The summed E-state index contributed by atoms with van der Waals surface area (Å²) in [4.78, 5) is 12.0. The van der Waals surface area contributed by atoms with E-state index in [4.69, 9.17) is 13.9 Å². The van der Waals surface area contributed by atoms with E-state index in [1.165, 1.54) is 0 Å². The largest absolute Gasteiger partial charge is 0.497 e. The Morgan fingerprint density at radius 2 is 1.75 bits per heavy atom. The van der Waals surface area contributed by atoms with Crippen molar-refractivity contribution in [2.45, 2.75) is 26.9 Å². The fourth-order valence-corrected chi connectivity index (χ4v) is 2.76. The van der Waals surface area contributed by atoms with Crippen molar-refractivity contribution in [1.29, 1.82) is 0 Å². The number of fused-ring (bicyclic) bond motifs is 1. The molecule has 3 rings (SSSR count). The SMILES string of the molecule is CCc1c(C)c2ccc(OCc3ccc(OC)cc3)cc2oc1=O. The van der Waals surface area contributed by atoms with E-state index in [-0.39, 0.29) is 5.63 Å². The molecule has 0 spiro atoms. The van der Waals surface area contributed by atoms with Crippen molar-refractivity contribution in [2.24, 2.45) is 0 Å². The van der Waals surface area contributed by atoms with Gasteiger partial charge in [-0.05, 0) is 48.7 Å². The highest BCUT2D eigenvalue weighted by Crippen LogP contribution is 2.25. The van der Waals surface area contributed by atoms with E-state index in [1.54, 1.807) is 13.2 Å². The molecule has 0 saturated heterocycles. The Labute approximate surface area is 140 Å². The van der Waals surface area contributed by atoms with Gasteiger partial charge in [-0.3, -0.25) is 0 Å². The number of methoxy groups -OCH3 is 1. The van der Waals surface area contributed by atoms with Crippen LogP contribution in [0.5, 0.6) is 11.5 Å². The minimum atomic E-state index is -0.269. The summed E-state index contributed by atoms with van der Waals surface area (Å²) in [5, 5.41) is 0.947. The lowest BCUT2D eigenvalue weighted by molar-refractivity contribution is 0.306. The number of benzene rings is 2. The van der Waals surface area contributed by atoms with Gasteiger partial charge in [-0.25, -0.2) is 4.79 Å². The predicted octanol–water partition coefficient (Wildman–Crippen LogP) is 4.25. The van der Waals surface area contributed by atoms with Crippen LogP contribution in [-0.2, 0) is 13.0 Å². The normalized spacial score (nSPS) is 10.8. The molecule has 24 heavy (non-hydrogen) atoms. The van der Waals surface area contributed by atoms with E-state index in [0.717, 1.165) is 27.8 Å². The highest BCUT2D eigenvalue weighted by atomic mass is 16.5. The Morgan fingerprint density at radius 1 is 1.04 bits per heavy atom. The van der Waals surface area contributed by atoms with Gasteiger partial charge in [-0.15, -0.1) is 0 Å². The maximum absolute atomic E-state index is 12.0. The number of hydrogen-bond donors (Lipinski definition) is 0. The maximum atomic E-state index is 12.0. The Morgan fingerprint density at radius 3 is 2.42 bits per heavy atom. The Hall–Kier alpha value is -2.75. The maximum Gasteiger partial charge on any atom is 0.339 e. The molecule has 1 heterocycles. The van der Waals surface area contributed by atoms with Crippen molar-refractivity contribution in [1.82, 2.24) is 0 Å². The summed E-state index contributed by atoms with van der Waals surface area (Å²) >= 11 is 0. The van der Waals surface area contributed by atoms with Gasteiger partial charge in [0.1, 0.15) is 23.7 Å². The summed E-state index contributed by atoms with van der Waals surface area (Å²) in [5.41, 5.74) is 3.03. The standard InChI is InChI=1S/C20H20O4/c1-4-17-13(2)18-10-9-16(11-19(18)24-20(17)21)23-12-14-5-7-15(22-3)8-6-14/h5-11H,4,12H2,1-3H3. The van der Waals surface area contributed by atoms with Crippen molar-refractivity contribution in [3.63, 3.8) is 0 Å². The van der Waals surface area contributed by atoms with Gasteiger partial charge in [0.05, 0.1) is 7.11 Å². The molecule has 0 saturated carbocycles. The molecule has 1 aromatic heterocycles. The van der Waals surface area contributed by atoms with Crippen LogP contribution in [0.1, 0.15) is 23.6 Å². The molecular formula is C20H20O4. The zero-order valence-electron chi connectivity index (χ0n) is 14.1. The van der Waals surface area contributed by atoms with Crippen molar-refractivity contribution in [3.8, 4) is 11.5 Å². The summed E-state index contributed by atoms with van der Waals surface area (Å²) in [7, 11) is 1.64. The minimum Gasteiger partial charge on any atom is -0.497 e. The van der Waals surface area contributed by atoms with Gasteiger partial charge < -0.3 is 13.9 Å². The summed E-state index contributed by atoms with van der Waals surface area (Å²) in [6.45, 7) is 4.35. The Kier molecular flexibility index (Phi) is 4.56. The van der Waals surface area contributed by atoms with E-state index < -0.39 is 0 Å². The molecule has 2 aromatic carbocycles. The molecule has 0 aliphatic heterocycles. The Bertz CT molecular complexity index is 907. The third kappa shape index (κ3) is 3.13. The van der Waals surface area contributed by atoms with E-state index in [9.17, 15) is 4.79 Å². The van der Waals surface area contributed by atoms with Crippen LogP contribution in [-0.4, -0.2) is 7.11 Å². The molecule has 4 nitrogen and oxygen atoms in total. The number of hydrogen-bond acceptors (Lipinski definition) is 4. The first kappa shape index (κ1) is 16.1. The molecule has 0 amide bonds. The molecule has 0 fully saturated rings. The van der Waals surface area contributed by atoms with E-state index >= 15 is 0 Å². The summed E-state index contributed by atoms with van der Waals surface area (Å²) < 4.78 is 16.4. The summed E-state index contributed by atoms with van der Waals surface area (Å²) in [5.74, 6) is 1.48. The van der Waals surface area contributed by atoms with Gasteiger partial charge in [0.25, 0.3) is 0 Å². The zero-order valence-corrected chi connectivity index (χ0v) is 14.1. The van der Waals surface area contributed by atoms with E-state index in [2.05, 4.69) is 0 Å². The van der Waals surface area contributed by atoms with Crippen LogP contribution < -0.4 is 15.1 Å². The topological polar surface area (TPSA) is 48.7 Å². The van der Waals surface area contributed by atoms with Gasteiger partial charge >= 0.3 is 5.63 Å². The van der Waals surface area contributed by atoms with E-state index in [1.807, 2.05) is 50.2 Å². The highest BCUT2D eigenvalue weighted by Gasteiger charge is 2.10. The molecule has 0 aliphatic carbocycles. The monoisotopic (exact) mass is 324 g/mol. The van der Waals surface area contributed by atoms with Gasteiger partial charge in [-0.2, -0.15) is 0 Å². The molecule has 0 atom stereocenters. The van der Waals surface area contributed by atoms with Crippen molar-refractivity contribution < 1.29 is 13.9 Å². The van der Waals surface area contributed by atoms with Crippen molar-refractivity contribution in [2.75, 3.05) is 7.11 Å². The molecule has 0 unspecified atom stereocenters. The average molecular weight is 324 g/mol. The summed E-state index contributed by atoms with van der Waals surface area (Å²) in [6, 6.07) is 13.3. The molecule has 0 radical (unpaired) electrons. The lowest BCUT2D eigenvalue weighted by atomic mass is 10.0. The van der Waals surface area contributed by atoms with E-state index in [0.29, 0.717) is 24.4 Å². The van der Waals surface area contributed by atoms with Crippen LogP contribution >= 0.6 is 0 Å². The molecule has 3 aromatic rings. The zero-order chi connectivity index (χ0) is 17.1. The van der Waals surface area contributed by atoms with Crippen LogP contribution in [0.15, 0.2) is 51.7 Å². The first-order valence-corrected chi connectivity index (χ1v) is 7.94.